The average Bonchev–Trinajstić information content (AvgIpc) is 3.51. The van der Waals surface area contributed by atoms with Gasteiger partial charge in [0, 0.05) is 57.4 Å². The molecule has 3 heterocycles. The summed E-state index contributed by atoms with van der Waals surface area (Å²) < 4.78 is 10.3. The van der Waals surface area contributed by atoms with Gasteiger partial charge < -0.3 is 13.9 Å². The van der Waals surface area contributed by atoms with E-state index in [0.29, 0.717) is 28.8 Å². The molecule has 0 spiro atoms. The van der Waals surface area contributed by atoms with E-state index in [-0.39, 0.29) is 0 Å². The average molecular weight is 525 g/mol. The Morgan fingerprint density at radius 1 is 0.743 bits per heavy atom. The lowest BCUT2D eigenvalue weighted by atomic mass is 9.95. The number of carbonyl (C=O) groups excluding carboxylic acids is 2. The molecule has 5 aromatic rings. The zero-order chi connectivity index (χ0) is 24.1. The van der Waals surface area contributed by atoms with E-state index in [1.807, 2.05) is 73.1 Å². The van der Waals surface area contributed by atoms with Crippen LogP contribution < -0.4 is 0 Å². The number of cyclic esters (lactones) is 2. The number of aryl methyl sites for hydroxylation is 1. The molecular formula is C29H21BrN2O3. The molecule has 0 saturated heterocycles. The Bertz CT molecular complexity index is 1670. The van der Waals surface area contributed by atoms with Gasteiger partial charge in [0.1, 0.15) is 0 Å². The third-order valence-corrected chi connectivity index (χ3v) is 7.20. The van der Waals surface area contributed by atoms with Gasteiger partial charge in [-0.3, -0.25) is 0 Å². The van der Waals surface area contributed by atoms with Crippen LogP contribution in [-0.4, -0.2) is 21.1 Å². The van der Waals surface area contributed by atoms with Crippen LogP contribution in [0.1, 0.15) is 23.6 Å². The highest BCUT2D eigenvalue weighted by atomic mass is 79.9. The first-order chi connectivity index (χ1) is 17.1. The third-order valence-electron chi connectivity index (χ3n) is 6.56. The minimum atomic E-state index is -0.614. The van der Waals surface area contributed by atoms with E-state index in [4.69, 9.17) is 4.74 Å². The molecule has 5 nitrogen and oxygen atoms in total. The first kappa shape index (κ1) is 21.6. The molecule has 0 fully saturated rings. The number of fused-ring (bicyclic) bond motifs is 2. The molecule has 0 aliphatic carbocycles. The number of rotatable bonds is 5. The van der Waals surface area contributed by atoms with Crippen LogP contribution in [0, 0.1) is 0 Å². The fourth-order valence-electron chi connectivity index (χ4n) is 5.01. The van der Waals surface area contributed by atoms with Crippen molar-refractivity contribution in [2.45, 2.75) is 20.0 Å². The van der Waals surface area contributed by atoms with E-state index in [1.165, 1.54) is 0 Å². The molecule has 0 atom stereocenters. The lowest BCUT2D eigenvalue weighted by Crippen LogP contribution is -2.02. The molecule has 0 bridgehead atoms. The summed E-state index contributed by atoms with van der Waals surface area (Å²) in [4.78, 5) is 26.2. The Morgan fingerprint density at radius 2 is 1.37 bits per heavy atom. The van der Waals surface area contributed by atoms with Gasteiger partial charge in [-0.05, 0) is 40.5 Å². The van der Waals surface area contributed by atoms with Crippen molar-refractivity contribution >= 4 is 60.8 Å². The van der Waals surface area contributed by atoms with Crippen LogP contribution in [0.5, 0.6) is 0 Å². The number of ether oxygens (including phenoxy) is 1. The Morgan fingerprint density at radius 3 is 2.11 bits per heavy atom. The van der Waals surface area contributed by atoms with Crippen molar-refractivity contribution in [3.8, 4) is 0 Å². The molecule has 35 heavy (non-hydrogen) atoms. The van der Waals surface area contributed by atoms with E-state index < -0.39 is 11.9 Å². The number of aromatic nitrogens is 2. The highest BCUT2D eigenvalue weighted by molar-refractivity contribution is 9.10. The third kappa shape index (κ3) is 3.44. The van der Waals surface area contributed by atoms with Crippen molar-refractivity contribution in [1.29, 1.82) is 0 Å². The van der Waals surface area contributed by atoms with Crippen LogP contribution in [0.15, 0.2) is 89.7 Å². The Hall–Kier alpha value is -3.90. The van der Waals surface area contributed by atoms with Crippen molar-refractivity contribution in [2.24, 2.45) is 0 Å². The molecule has 3 aromatic carbocycles. The molecule has 0 N–H and O–H groups in total. The van der Waals surface area contributed by atoms with Crippen LogP contribution in [0.3, 0.4) is 0 Å². The van der Waals surface area contributed by atoms with Crippen LogP contribution in [0.25, 0.3) is 33.0 Å². The maximum absolute atomic E-state index is 13.1. The van der Waals surface area contributed by atoms with Crippen LogP contribution in [-0.2, 0) is 27.4 Å². The van der Waals surface area contributed by atoms with Crippen molar-refractivity contribution in [3.05, 3.63) is 106 Å². The number of carbonyl (C=O) groups is 2. The molecule has 0 radical (unpaired) electrons. The predicted molar refractivity (Wildman–Crippen MR) is 141 cm³/mol. The van der Waals surface area contributed by atoms with Gasteiger partial charge in [-0.15, -0.1) is 0 Å². The predicted octanol–water partition coefficient (Wildman–Crippen LogP) is 6.42. The second kappa shape index (κ2) is 8.40. The Labute approximate surface area is 210 Å². The first-order valence-corrected chi connectivity index (χ1v) is 12.3. The summed E-state index contributed by atoms with van der Waals surface area (Å²) in [5, 5.41) is 1.80. The number of hydrogen-bond donors (Lipinski definition) is 0. The molecular weight excluding hydrogens is 504 g/mol. The summed E-state index contributed by atoms with van der Waals surface area (Å²) in [5.41, 5.74) is 5.14. The van der Waals surface area contributed by atoms with Crippen LogP contribution in [0.2, 0.25) is 0 Å². The molecule has 1 aliphatic heterocycles. The van der Waals surface area contributed by atoms with Gasteiger partial charge in [-0.2, -0.15) is 0 Å². The number of nitrogens with zero attached hydrogens (tertiary/aromatic N) is 2. The van der Waals surface area contributed by atoms with Gasteiger partial charge in [0.05, 0.1) is 16.7 Å². The maximum Gasteiger partial charge on any atom is 0.347 e. The molecule has 0 amide bonds. The van der Waals surface area contributed by atoms with Gasteiger partial charge in [0.15, 0.2) is 0 Å². The van der Waals surface area contributed by atoms with Crippen molar-refractivity contribution in [1.82, 2.24) is 9.13 Å². The second-order valence-electron chi connectivity index (χ2n) is 8.57. The van der Waals surface area contributed by atoms with E-state index in [9.17, 15) is 9.59 Å². The fraction of sp³-hybridized carbons (Fsp3) is 0.103. The zero-order valence-electron chi connectivity index (χ0n) is 19.0. The highest BCUT2D eigenvalue weighted by Crippen LogP contribution is 2.41. The number of para-hydroxylation sites is 2. The number of esters is 2. The summed E-state index contributed by atoms with van der Waals surface area (Å²) in [6.45, 7) is 3.43. The lowest BCUT2D eigenvalue weighted by Gasteiger charge is -2.06. The summed E-state index contributed by atoms with van der Waals surface area (Å²) >= 11 is 3.69. The topological polar surface area (TPSA) is 53.2 Å². The summed E-state index contributed by atoms with van der Waals surface area (Å²) in [7, 11) is 0. The smallest absolute Gasteiger partial charge is 0.347 e. The molecule has 0 saturated carbocycles. The lowest BCUT2D eigenvalue weighted by molar-refractivity contribution is -0.149. The SMILES string of the molecule is CCn1cc(C2=C(c3cn(Cc4ccccc4)c4c(Br)cccc34)C(=O)OC2=O)c2ccccc21. The van der Waals surface area contributed by atoms with Gasteiger partial charge in [0.2, 0.25) is 0 Å². The molecule has 0 unspecified atom stereocenters. The van der Waals surface area contributed by atoms with E-state index in [1.54, 1.807) is 0 Å². The van der Waals surface area contributed by atoms with Crippen LogP contribution in [0.4, 0.5) is 0 Å². The standard InChI is InChI=1S/C29H21BrN2O3/c1-2-31-16-21(19-11-6-7-14-24(19)31)25-26(29(34)35-28(25)33)22-17-32(15-18-9-4-3-5-10-18)27-20(22)12-8-13-23(27)30/h3-14,16-17H,2,15H2,1H3. The highest BCUT2D eigenvalue weighted by Gasteiger charge is 2.38. The fourth-order valence-corrected chi connectivity index (χ4v) is 5.60. The summed E-state index contributed by atoms with van der Waals surface area (Å²) in [6.07, 6.45) is 3.90. The van der Waals surface area contributed by atoms with Gasteiger partial charge in [-0.1, -0.05) is 60.7 Å². The quantitative estimate of drug-likeness (QED) is 0.197. The maximum atomic E-state index is 13.1. The molecule has 172 valence electrons. The van der Waals surface area contributed by atoms with E-state index in [2.05, 4.69) is 44.1 Å². The zero-order valence-corrected chi connectivity index (χ0v) is 20.6. The van der Waals surface area contributed by atoms with Crippen molar-refractivity contribution < 1.29 is 14.3 Å². The minimum Gasteiger partial charge on any atom is -0.386 e. The van der Waals surface area contributed by atoms with Crippen molar-refractivity contribution in [2.75, 3.05) is 0 Å². The van der Waals surface area contributed by atoms with E-state index in [0.717, 1.165) is 38.4 Å². The van der Waals surface area contributed by atoms with Gasteiger partial charge in [-0.25, -0.2) is 9.59 Å². The monoisotopic (exact) mass is 524 g/mol. The summed E-state index contributed by atoms with van der Waals surface area (Å²) in [5.74, 6) is -1.22. The minimum absolute atomic E-state index is 0.309. The largest absolute Gasteiger partial charge is 0.386 e. The first-order valence-electron chi connectivity index (χ1n) is 11.5. The number of hydrogen-bond acceptors (Lipinski definition) is 3. The molecule has 6 rings (SSSR count). The molecule has 1 aliphatic rings. The second-order valence-corrected chi connectivity index (χ2v) is 9.42. The van der Waals surface area contributed by atoms with Gasteiger partial charge >= 0.3 is 11.9 Å². The van der Waals surface area contributed by atoms with Crippen molar-refractivity contribution in [3.63, 3.8) is 0 Å². The van der Waals surface area contributed by atoms with Crippen LogP contribution >= 0.6 is 15.9 Å². The Balaban J connectivity index is 1.63. The molecule has 6 heteroatoms. The Kier molecular flexibility index (Phi) is 5.19. The van der Waals surface area contributed by atoms with E-state index >= 15 is 0 Å². The number of benzene rings is 3. The number of halogens is 1. The van der Waals surface area contributed by atoms with Gasteiger partial charge in [0.25, 0.3) is 0 Å². The normalized spacial score (nSPS) is 13.9. The summed E-state index contributed by atoms with van der Waals surface area (Å²) in [6, 6.07) is 24.0. The molecule has 2 aromatic heterocycles.